The molecule has 86 valence electrons. The van der Waals surface area contributed by atoms with Gasteiger partial charge in [0.15, 0.2) is 0 Å². The van der Waals surface area contributed by atoms with Crippen LogP contribution in [0.3, 0.4) is 0 Å². The third kappa shape index (κ3) is 2.13. The normalized spacial score (nSPS) is 24.3. The highest BCUT2D eigenvalue weighted by molar-refractivity contribution is 6.30. The fraction of sp³-hybridized carbons (Fsp3) is 0.364. The van der Waals surface area contributed by atoms with Crippen LogP contribution in [0.1, 0.15) is 6.42 Å². The Morgan fingerprint density at radius 2 is 2.12 bits per heavy atom. The van der Waals surface area contributed by atoms with E-state index in [-0.39, 0.29) is 0 Å². The summed E-state index contributed by atoms with van der Waals surface area (Å²) in [5, 5.41) is 12.8. The van der Waals surface area contributed by atoms with E-state index in [1.165, 1.54) is 0 Å². The van der Waals surface area contributed by atoms with Crippen LogP contribution in [0.15, 0.2) is 24.3 Å². The number of carbonyl (C=O) groups is 1. The number of halogens is 1. The second-order valence-electron chi connectivity index (χ2n) is 3.78. The van der Waals surface area contributed by atoms with Crippen molar-refractivity contribution in [2.75, 3.05) is 13.1 Å². The molecule has 0 aromatic heterocycles. The third-order valence-corrected chi connectivity index (χ3v) is 2.88. The van der Waals surface area contributed by atoms with Crippen molar-refractivity contribution in [1.82, 2.24) is 5.32 Å². The Kier molecular flexibility index (Phi) is 3.03. The minimum Gasteiger partial charge on any atom is -0.478 e. The van der Waals surface area contributed by atoms with Crippen LogP contribution in [0, 0.1) is 0 Å². The molecule has 0 spiro atoms. The van der Waals surface area contributed by atoms with E-state index < -0.39 is 11.6 Å². The fourth-order valence-corrected chi connectivity index (χ4v) is 1.84. The first kappa shape index (κ1) is 11.2. The van der Waals surface area contributed by atoms with Gasteiger partial charge in [0.25, 0.3) is 0 Å². The maximum atomic E-state index is 11.2. The molecule has 4 nitrogen and oxygen atoms in total. The lowest BCUT2D eigenvalue weighted by atomic mass is 10.0. The predicted molar refractivity (Wildman–Crippen MR) is 59.9 cm³/mol. The Morgan fingerprint density at radius 3 is 2.62 bits per heavy atom. The van der Waals surface area contributed by atoms with Crippen LogP contribution in [-0.2, 0) is 4.79 Å². The van der Waals surface area contributed by atoms with E-state index in [1.54, 1.807) is 24.3 Å². The average molecular weight is 242 g/mol. The number of carboxylic acid groups (broad SMARTS) is 1. The molecule has 1 aliphatic rings. The van der Waals surface area contributed by atoms with Gasteiger partial charge in [0.1, 0.15) is 5.75 Å². The van der Waals surface area contributed by atoms with Crippen LogP contribution in [0.5, 0.6) is 5.75 Å². The third-order valence-electron chi connectivity index (χ3n) is 2.63. The van der Waals surface area contributed by atoms with Crippen molar-refractivity contribution in [1.29, 1.82) is 0 Å². The van der Waals surface area contributed by atoms with Gasteiger partial charge >= 0.3 is 5.97 Å². The van der Waals surface area contributed by atoms with Gasteiger partial charge in [0.05, 0.1) is 0 Å². The lowest BCUT2D eigenvalue weighted by Crippen LogP contribution is -2.46. The van der Waals surface area contributed by atoms with E-state index >= 15 is 0 Å². The highest BCUT2D eigenvalue weighted by atomic mass is 35.5. The molecule has 0 amide bonds. The Bertz CT molecular complexity index is 385. The molecule has 1 saturated heterocycles. The summed E-state index contributed by atoms with van der Waals surface area (Å²) in [6, 6.07) is 6.69. The molecule has 0 bridgehead atoms. The number of nitrogens with one attached hydrogen (secondary N) is 1. The zero-order chi connectivity index (χ0) is 11.6. The Morgan fingerprint density at radius 1 is 1.44 bits per heavy atom. The fourth-order valence-electron chi connectivity index (χ4n) is 1.71. The summed E-state index contributed by atoms with van der Waals surface area (Å²) < 4.78 is 5.56. The molecule has 1 heterocycles. The quantitative estimate of drug-likeness (QED) is 0.843. The largest absolute Gasteiger partial charge is 0.478 e. The van der Waals surface area contributed by atoms with E-state index in [4.69, 9.17) is 16.3 Å². The van der Waals surface area contributed by atoms with Crippen LogP contribution in [0.25, 0.3) is 0 Å². The number of hydrogen-bond acceptors (Lipinski definition) is 3. The molecule has 2 rings (SSSR count). The summed E-state index contributed by atoms with van der Waals surface area (Å²) >= 11 is 5.74. The molecular formula is C11H12ClNO3. The van der Waals surface area contributed by atoms with Gasteiger partial charge in [-0.1, -0.05) is 11.6 Å². The summed E-state index contributed by atoms with van der Waals surface area (Å²) in [6.45, 7) is 0.977. The van der Waals surface area contributed by atoms with Crippen LogP contribution in [-0.4, -0.2) is 29.8 Å². The van der Waals surface area contributed by atoms with E-state index in [0.29, 0.717) is 30.3 Å². The SMILES string of the molecule is O=C(O)C1(Oc2ccc(Cl)cc2)CCNC1. The minimum atomic E-state index is -1.15. The molecule has 5 heteroatoms. The molecule has 0 aliphatic carbocycles. The van der Waals surface area contributed by atoms with Crippen molar-refractivity contribution >= 4 is 17.6 Å². The van der Waals surface area contributed by atoms with Crippen molar-refractivity contribution in [2.24, 2.45) is 0 Å². The molecule has 1 fully saturated rings. The topological polar surface area (TPSA) is 58.6 Å². The summed E-state index contributed by atoms with van der Waals surface area (Å²) in [4.78, 5) is 11.2. The van der Waals surface area contributed by atoms with E-state index in [0.717, 1.165) is 0 Å². The second-order valence-corrected chi connectivity index (χ2v) is 4.22. The maximum absolute atomic E-state index is 11.2. The monoisotopic (exact) mass is 241 g/mol. The lowest BCUT2D eigenvalue weighted by Gasteiger charge is -2.24. The zero-order valence-corrected chi connectivity index (χ0v) is 9.33. The van der Waals surface area contributed by atoms with Gasteiger partial charge < -0.3 is 15.2 Å². The Hall–Kier alpha value is -1.26. The number of hydrogen-bond donors (Lipinski definition) is 2. The highest BCUT2D eigenvalue weighted by Crippen LogP contribution is 2.25. The van der Waals surface area contributed by atoms with Crippen molar-refractivity contribution in [3.05, 3.63) is 29.3 Å². The summed E-state index contributed by atoms with van der Waals surface area (Å²) in [7, 11) is 0. The molecule has 1 aliphatic heterocycles. The first-order valence-electron chi connectivity index (χ1n) is 5.01. The predicted octanol–water partition coefficient (Wildman–Crippen LogP) is 1.54. The van der Waals surface area contributed by atoms with Crippen molar-refractivity contribution in [2.45, 2.75) is 12.0 Å². The molecule has 0 radical (unpaired) electrons. The first-order chi connectivity index (χ1) is 7.62. The average Bonchev–Trinajstić information content (AvgIpc) is 2.71. The van der Waals surface area contributed by atoms with Gasteiger partial charge in [-0.25, -0.2) is 4.79 Å². The van der Waals surface area contributed by atoms with Gasteiger partial charge in [0.2, 0.25) is 5.60 Å². The van der Waals surface area contributed by atoms with Crippen LogP contribution >= 0.6 is 11.6 Å². The van der Waals surface area contributed by atoms with Gasteiger partial charge in [-0.2, -0.15) is 0 Å². The Labute approximate surface area is 98.2 Å². The lowest BCUT2D eigenvalue weighted by molar-refractivity contribution is -0.153. The maximum Gasteiger partial charge on any atom is 0.349 e. The highest BCUT2D eigenvalue weighted by Gasteiger charge is 2.44. The van der Waals surface area contributed by atoms with Crippen LogP contribution < -0.4 is 10.1 Å². The van der Waals surface area contributed by atoms with Crippen molar-refractivity contribution < 1.29 is 14.6 Å². The number of benzene rings is 1. The number of ether oxygens (including phenoxy) is 1. The summed E-state index contributed by atoms with van der Waals surface area (Å²) in [5.41, 5.74) is -1.15. The number of rotatable bonds is 3. The molecular weight excluding hydrogens is 230 g/mol. The van der Waals surface area contributed by atoms with Gasteiger partial charge in [-0.05, 0) is 30.8 Å². The summed E-state index contributed by atoms with van der Waals surface area (Å²) in [6.07, 6.45) is 0.463. The van der Waals surface area contributed by atoms with E-state index in [2.05, 4.69) is 5.32 Å². The molecule has 1 atom stereocenters. The van der Waals surface area contributed by atoms with E-state index in [1.807, 2.05) is 0 Å². The van der Waals surface area contributed by atoms with Gasteiger partial charge in [-0.15, -0.1) is 0 Å². The smallest absolute Gasteiger partial charge is 0.349 e. The summed E-state index contributed by atoms with van der Waals surface area (Å²) in [5.74, 6) is -0.414. The molecule has 0 saturated carbocycles. The van der Waals surface area contributed by atoms with E-state index in [9.17, 15) is 9.90 Å². The molecule has 16 heavy (non-hydrogen) atoms. The molecule has 1 unspecified atom stereocenters. The van der Waals surface area contributed by atoms with Crippen molar-refractivity contribution in [3.8, 4) is 5.75 Å². The van der Waals surface area contributed by atoms with Gasteiger partial charge in [-0.3, -0.25) is 0 Å². The van der Waals surface area contributed by atoms with Crippen LogP contribution in [0.4, 0.5) is 0 Å². The standard InChI is InChI=1S/C11H12ClNO3/c12-8-1-3-9(4-2-8)16-11(10(14)15)5-6-13-7-11/h1-4,13H,5-7H2,(H,14,15). The number of aliphatic carboxylic acids is 1. The van der Waals surface area contributed by atoms with Crippen LogP contribution in [0.2, 0.25) is 5.02 Å². The number of carboxylic acids is 1. The zero-order valence-electron chi connectivity index (χ0n) is 8.57. The second kappa shape index (κ2) is 4.31. The Balaban J connectivity index is 2.18. The van der Waals surface area contributed by atoms with Crippen molar-refractivity contribution in [3.63, 3.8) is 0 Å². The first-order valence-corrected chi connectivity index (χ1v) is 5.39. The molecule has 2 N–H and O–H groups in total. The molecule has 1 aromatic carbocycles. The minimum absolute atomic E-state index is 0.324. The molecule has 1 aromatic rings. The van der Waals surface area contributed by atoms with Gasteiger partial charge in [0, 0.05) is 18.0 Å².